The maximum atomic E-state index is 6.71. The van der Waals surface area contributed by atoms with Gasteiger partial charge in [-0.15, -0.1) is 12.8 Å². The van der Waals surface area contributed by atoms with Crippen LogP contribution in [-0.2, 0) is 18.3 Å². The number of hydrogen-bond donors (Lipinski definition) is 0. The highest BCUT2D eigenvalue weighted by Gasteiger charge is 2.35. The van der Waals surface area contributed by atoms with Gasteiger partial charge in [0.1, 0.15) is 11.1 Å². The third-order valence-electron chi connectivity index (χ3n) is 12.5. The van der Waals surface area contributed by atoms with Crippen molar-refractivity contribution in [2.24, 2.45) is 0 Å². The van der Waals surface area contributed by atoms with E-state index >= 15 is 0 Å². The van der Waals surface area contributed by atoms with Crippen LogP contribution < -0.4 is 10.6 Å². The Morgan fingerprint density at radius 1 is 0.683 bits per heavy atom. The molecule has 0 atom stereocenters. The van der Waals surface area contributed by atoms with Gasteiger partial charge >= 0.3 is 0 Å². The first kappa shape index (κ1) is 42.4. The fourth-order valence-corrected chi connectivity index (χ4v) is 9.20. The summed E-state index contributed by atoms with van der Waals surface area (Å²) in [6.07, 6.45) is 20.5. The first-order chi connectivity index (χ1) is 30.7. The molecule has 2 aromatic heterocycles. The number of benzene rings is 7. The Balaban J connectivity index is 0.000000312. The molecule has 0 N–H and O–H groups in total. The summed E-state index contributed by atoms with van der Waals surface area (Å²) in [4.78, 5) is 0. The molecule has 9 aromatic rings. The lowest BCUT2D eigenvalue weighted by Gasteiger charge is -2.22. The summed E-state index contributed by atoms with van der Waals surface area (Å²) in [7, 11) is 0. The Hall–Kier alpha value is -7.34. The molecule has 7 aromatic carbocycles. The van der Waals surface area contributed by atoms with Crippen LogP contribution in [0.5, 0.6) is 0 Å². The van der Waals surface area contributed by atoms with Crippen LogP contribution in [0, 0.1) is 19.8 Å². The predicted molar refractivity (Wildman–Crippen MR) is 271 cm³/mol. The lowest BCUT2D eigenvalue weighted by atomic mass is 9.81. The summed E-state index contributed by atoms with van der Waals surface area (Å²) in [6.45, 7) is 13.1. The van der Waals surface area contributed by atoms with E-state index in [1.165, 1.54) is 66.4 Å². The third kappa shape index (κ3) is 8.24. The normalized spacial score (nSPS) is 13.5. The van der Waals surface area contributed by atoms with Crippen LogP contribution in [0.3, 0.4) is 0 Å². The molecule has 0 aliphatic heterocycles. The number of nitrogens with zero attached hydrogens (tertiary/aromatic N) is 1. The fourth-order valence-electron chi connectivity index (χ4n) is 9.20. The fraction of sp³-hybridized carbons (Fsp3) is 0.148. The zero-order chi connectivity index (χ0) is 44.1. The van der Waals surface area contributed by atoms with E-state index in [1.807, 2.05) is 13.0 Å². The molecule has 0 amide bonds. The van der Waals surface area contributed by atoms with E-state index in [4.69, 9.17) is 4.42 Å². The van der Waals surface area contributed by atoms with E-state index in [2.05, 4.69) is 234 Å². The first-order valence-electron chi connectivity index (χ1n) is 21.9. The van der Waals surface area contributed by atoms with Crippen LogP contribution in [0.4, 0.5) is 0 Å². The van der Waals surface area contributed by atoms with Crippen molar-refractivity contribution in [2.45, 2.75) is 59.8 Å². The number of aryl methyl sites for hydroxylation is 1. The highest BCUT2D eigenvalue weighted by molar-refractivity contribution is 6.18. The number of hydrogen-bond acceptors (Lipinski definition) is 1. The van der Waals surface area contributed by atoms with Crippen LogP contribution in [0.1, 0.15) is 73.6 Å². The Morgan fingerprint density at radius 2 is 1.35 bits per heavy atom. The largest absolute Gasteiger partial charge is 0.454 e. The standard InChI is InChI=1S/C46H37NO.C13H16.C2H2/c1-4-41-38(45-44(47(41)34-13-6-5-7-14-34)43-35-15-9-8-12-33(35)24-27-42(43)48-45)26-22-30-18-20-31(21-19-30)28-32-23-25-37-36-16-10-11-17-39(36)46(2,3)40(37)29-32;1-4-5-6-12(3)13-9-7-11(2)8-10-13;1-2/h4-21,23-27,29H,22,28H2,1-3H3;4-10H,1-3H3;1-2H/b38-26+,41-4+;5-4-,12-6+;. The average Bonchev–Trinajstić information content (AvgIpc) is 3.93. The molecule has 1 aliphatic rings. The molecule has 0 saturated heterocycles. The van der Waals surface area contributed by atoms with Crippen molar-refractivity contribution < 1.29 is 4.42 Å². The summed E-state index contributed by atoms with van der Waals surface area (Å²) < 4.78 is 9.08. The second-order valence-corrected chi connectivity index (χ2v) is 16.9. The number of terminal acetylenes is 1. The SMILES string of the molecule is C#C.C/C=C\C=C(/C)c1ccc(C)cc1.C/C=c1\c(=C/Cc2ccc(Cc3ccc4c(c3)C(C)(C)c3ccccc3-4)cc2)c2oc3ccc4ccccc4c3c2n1-c1ccccc1. The van der Waals surface area contributed by atoms with Gasteiger partial charge < -0.3 is 8.98 Å². The number of fused-ring (bicyclic) bond motifs is 8. The Kier molecular flexibility index (Phi) is 12.3. The minimum Gasteiger partial charge on any atom is -0.454 e. The number of para-hydroxylation sites is 1. The molecule has 0 radical (unpaired) electrons. The third-order valence-corrected chi connectivity index (χ3v) is 12.5. The molecule has 310 valence electrons. The van der Waals surface area contributed by atoms with Gasteiger partial charge in [-0.2, -0.15) is 0 Å². The van der Waals surface area contributed by atoms with E-state index in [0.717, 1.165) is 51.2 Å². The van der Waals surface area contributed by atoms with Gasteiger partial charge in [0.25, 0.3) is 0 Å². The van der Waals surface area contributed by atoms with Crippen molar-refractivity contribution in [1.82, 2.24) is 4.57 Å². The molecule has 63 heavy (non-hydrogen) atoms. The minimum absolute atomic E-state index is 0.0220. The topological polar surface area (TPSA) is 18.1 Å². The molecule has 0 bridgehead atoms. The van der Waals surface area contributed by atoms with Crippen LogP contribution in [0.15, 0.2) is 180 Å². The lowest BCUT2D eigenvalue weighted by Crippen LogP contribution is -2.28. The van der Waals surface area contributed by atoms with E-state index < -0.39 is 0 Å². The number of rotatable bonds is 7. The number of allylic oxidation sites excluding steroid dienone is 4. The van der Waals surface area contributed by atoms with Gasteiger partial charge in [0, 0.05) is 16.3 Å². The molecule has 0 spiro atoms. The van der Waals surface area contributed by atoms with Crippen molar-refractivity contribution in [3.63, 3.8) is 0 Å². The Morgan fingerprint density at radius 3 is 2.10 bits per heavy atom. The zero-order valence-electron chi connectivity index (χ0n) is 37.3. The van der Waals surface area contributed by atoms with Gasteiger partial charge in [-0.25, -0.2) is 0 Å². The molecule has 0 saturated carbocycles. The molecular formula is C61H55NO. The van der Waals surface area contributed by atoms with Crippen LogP contribution in [0.25, 0.3) is 67.4 Å². The highest BCUT2D eigenvalue weighted by atomic mass is 16.3. The van der Waals surface area contributed by atoms with E-state index in [1.54, 1.807) is 0 Å². The zero-order valence-corrected chi connectivity index (χ0v) is 37.3. The molecule has 1 aliphatic carbocycles. The van der Waals surface area contributed by atoms with Gasteiger partial charge in [-0.1, -0.05) is 189 Å². The Labute approximate surface area is 372 Å². The van der Waals surface area contributed by atoms with Gasteiger partial charge in [0.2, 0.25) is 0 Å². The van der Waals surface area contributed by atoms with Crippen molar-refractivity contribution in [3.05, 3.63) is 225 Å². The molecule has 2 nitrogen and oxygen atoms in total. The van der Waals surface area contributed by atoms with Crippen molar-refractivity contribution in [2.75, 3.05) is 0 Å². The molecule has 10 rings (SSSR count). The second kappa shape index (κ2) is 18.3. The maximum Gasteiger partial charge on any atom is 0.161 e. The van der Waals surface area contributed by atoms with E-state index in [-0.39, 0.29) is 5.41 Å². The highest BCUT2D eigenvalue weighted by Crippen LogP contribution is 2.48. The molecule has 0 fully saturated rings. The van der Waals surface area contributed by atoms with Crippen molar-refractivity contribution in [1.29, 1.82) is 0 Å². The van der Waals surface area contributed by atoms with Gasteiger partial charge in [0.05, 0.1) is 10.7 Å². The summed E-state index contributed by atoms with van der Waals surface area (Å²) in [5.74, 6) is 0. The first-order valence-corrected chi connectivity index (χ1v) is 21.9. The Bertz CT molecular complexity index is 3270. The van der Waals surface area contributed by atoms with Crippen LogP contribution in [-0.4, -0.2) is 4.57 Å². The smallest absolute Gasteiger partial charge is 0.161 e. The van der Waals surface area contributed by atoms with Crippen molar-refractivity contribution in [3.8, 4) is 29.7 Å². The van der Waals surface area contributed by atoms with Gasteiger partial charge in [0.15, 0.2) is 5.58 Å². The van der Waals surface area contributed by atoms with E-state index in [0.29, 0.717) is 0 Å². The number of furan rings is 1. The maximum absolute atomic E-state index is 6.71. The average molecular weight is 818 g/mol. The molecule has 0 unspecified atom stereocenters. The van der Waals surface area contributed by atoms with Gasteiger partial charge in [-0.3, -0.25) is 0 Å². The minimum atomic E-state index is 0.0220. The molecular weight excluding hydrogens is 763 g/mol. The summed E-state index contributed by atoms with van der Waals surface area (Å²) >= 11 is 0. The molecule has 2 heterocycles. The summed E-state index contributed by atoms with van der Waals surface area (Å²) in [5, 5.41) is 5.89. The van der Waals surface area contributed by atoms with Crippen molar-refractivity contribution >= 4 is 50.6 Å². The second-order valence-electron chi connectivity index (χ2n) is 16.9. The quantitative estimate of drug-likeness (QED) is 0.116. The summed E-state index contributed by atoms with van der Waals surface area (Å²) in [6, 6.07) is 57.2. The number of aromatic nitrogens is 1. The molecule has 2 heteroatoms. The monoisotopic (exact) mass is 817 g/mol. The van der Waals surface area contributed by atoms with Crippen LogP contribution >= 0.6 is 0 Å². The summed E-state index contributed by atoms with van der Waals surface area (Å²) in [5.41, 5.74) is 17.6. The predicted octanol–water partition coefficient (Wildman–Crippen LogP) is 14.5. The van der Waals surface area contributed by atoms with Gasteiger partial charge in [-0.05, 0) is 120 Å². The van der Waals surface area contributed by atoms with Crippen LogP contribution in [0.2, 0.25) is 0 Å². The van der Waals surface area contributed by atoms with E-state index in [9.17, 15) is 0 Å². The lowest BCUT2D eigenvalue weighted by molar-refractivity contribution is 0.659.